The third-order valence-corrected chi connectivity index (χ3v) is 13.6. The first-order valence-corrected chi connectivity index (χ1v) is 27.0. The molecule has 0 spiro atoms. The first-order valence-electron chi connectivity index (χ1n) is 26.5. The summed E-state index contributed by atoms with van der Waals surface area (Å²) >= 11 is 6.69. The first-order chi connectivity index (χ1) is 38.1. The zero-order valence-corrected chi connectivity index (χ0v) is 48.4. The van der Waals surface area contributed by atoms with Gasteiger partial charge in [0.15, 0.2) is 12.2 Å². The fraction of sp³-hybridized carbons (Fsp3) is 0.475. The molecule has 5 aromatic rings. The van der Waals surface area contributed by atoms with Crippen molar-refractivity contribution in [3.05, 3.63) is 95.2 Å². The molecule has 436 valence electrons. The van der Waals surface area contributed by atoms with E-state index < -0.39 is 90.0 Å². The highest BCUT2D eigenvalue weighted by Gasteiger charge is 2.54. The van der Waals surface area contributed by atoms with Gasteiger partial charge in [-0.15, -0.1) is 11.6 Å². The molecule has 4 aromatic carbocycles. The van der Waals surface area contributed by atoms with Crippen molar-refractivity contribution in [3.8, 4) is 11.5 Å². The van der Waals surface area contributed by atoms with Crippen molar-refractivity contribution in [1.29, 1.82) is 0 Å². The van der Waals surface area contributed by atoms with Gasteiger partial charge in [0.2, 0.25) is 12.4 Å². The van der Waals surface area contributed by atoms with Crippen LogP contribution in [-0.4, -0.2) is 127 Å². The molecule has 0 aliphatic carbocycles. The maximum absolute atomic E-state index is 14.8. The minimum atomic E-state index is -1.55. The zero-order chi connectivity index (χ0) is 59.1. The number of carbonyl (C=O) groups is 7. The average molecular weight is 1140 g/mol. The maximum Gasteiger partial charge on any atom is 0.431 e. The molecular weight excluding hydrogens is 1070 g/mol. The van der Waals surface area contributed by atoms with Gasteiger partial charge in [-0.05, 0) is 120 Å². The van der Waals surface area contributed by atoms with Crippen LogP contribution in [-0.2, 0) is 57.2 Å². The highest BCUT2D eigenvalue weighted by atomic mass is 35.5. The number of H-pyrrole nitrogens is 1. The van der Waals surface area contributed by atoms with E-state index in [1.165, 1.54) is 6.92 Å². The van der Waals surface area contributed by atoms with Gasteiger partial charge < -0.3 is 57.8 Å². The number of rotatable bonds is 21. The number of carbonyl (C=O) groups excluding carboxylic acids is 7. The zero-order valence-electron chi connectivity index (χ0n) is 47.6. The van der Waals surface area contributed by atoms with E-state index in [1.807, 2.05) is 52.8 Å². The number of amides is 3. The van der Waals surface area contributed by atoms with E-state index in [1.54, 1.807) is 80.3 Å². The summed E-state index contributed by atoms with van der Waals surface area (Å²) in [6.45, 7) is 19.9. The second kappa shape index (κ2) is 25.6. The van der Waals surface area contributed by atoms with Gasteiger partial charge in [0.1, 0.15) is 41.1 Å². The van der Waals surface area contributed by atoms with Crippen molar-refractivity contribution in [2.45, 2.75) is 149 Å². The minimum absolute atomic E-state index is 0.162. The summed E-state index contributed by atoms with van der Waals surface area (Å²) in [5.74, 6) is -3.21. The SMILES string of the molecule is CC(=O)OC[C@H]1O[C@@H](Oc2cc3c(c4c(C)cccc24)[C@H](CCl)CN3C(=O)c2cc3cc(NC(=O)c4ccc(OC(C)(C)CCOC(C)(C)CCONC(=O)OC(C)(C)C)cc4)ccc3[nH]2)[C@H](OC(C)=O)[C@@H](OC(C)=O)[C@H]1OC(C)=O. The molecule has 6 atom stereocenters. The normalized spacial score (nSPS) is 19.0. The molecule has 0 bridgehead atoms. The molecule has 2 aliphatic rings. The lowest BCUT2D eigenvalue weighted by Crippen LogP contribution is -2.63. The highest BCUT2D eigenvalue weighted by Crippen LogP contribution is 2.48. The number of anilines is 2. The molecule has 2 aliphatic heterocycles. The molecule has 0 radical (unpaired) electrons. The topological polar surface area (TPSA) is 255 Å². The first kappa shape index (κ1) is 61.2. The molecule has 0 saturated carbocycles. The number of aromatic nitrogens is 1. The lowest BCUT2D eigenvalue weighted by atomic mass is 9.92. The second-order valence-electron chi connectivity index (χ2n) is 22.1. The fourth-order valence-corrected chi connectivity index (χ4v) is 9.83. The Bertz CT molecular complexity index is 3150. The van der Waals surface area contributed by atoms with E-state index in [9.17, 15) is 33.6 Å². The number of hydrogen-bond acceptors (Lipinski definition) is 17. The number of esters is 4. The second-order valence-corrected chi connectivity index (χ2v) is 22.5. The molecule has 1 fully saturated rings. The summed E-state index contributed by atoms with van der Waals surface area (Å²) in [6, 6.07) is 21.0. The van der Waals surface area contributed by atoms with Crippen LogP contribution in [0.25, 0.3) is 21.7 Å². The molecule has 1 saturated heterocycles. The van der Waals surface area contributed by atoms with Crippen molar-refractivity contribution in [2.75, 3.05) is 42.5 Å². The van der Waals surface area contributed by atoms with Crippen LogP contribution in [0.15, 0.2) is 72.8 Å². The number of halogens is 1. The number of hydrogen-bond donors (Lipinski definition) is 3. The monoisotopic (exact) mass is 1140 g/mol. The standard InChI is InChI=1S/C59H71ClN4O17/c1-32-14-13-15-42-46(78-55-52(77-36(5)68)51(76-35(4)67)50(75-34(3)66)47(79-55)31-72-33(2)65)28-45-49(48(32)42)39(29-60)30-64(45)54(70)44-27-38-26-40(18-21-43(38)62-44)61-53(69)37-16-19-41(20-17-37)80-59(11,12)22-24-73-58(9,10)23-25-74-63-56(71)81-57(6,7)8/h13-21,26-28,39,47,50-52,55,62H,22-25,29-31H2,1-12H3,(H,61,69)(H,63,71)/t39-,47-,50+,51+,52-,55-/m1/s1. The van der Waals surface area contributed by atoms with Gasteiger partial charge in [-0.25, -0.2) is 4.79 Å². The lowest BCUT2D eigenvalue weighted by Gasteiger charge is -2.44. The number of benzene rings is 4. The Labute approximate surface area is 474 Å². The van der Waals surface area contributed by atoms with E-state index in [4.69, 9.17) is 59.1 Å². The van der Waals surface area contributed by atoms with Crippen LogP contribution in [0.3, 0.4) is 0 Å². The summed E-state index contributed by atoms with van der Waals surface area (Å²) in [4.78, 5) is 100.0. The van der Waals surface area contributed by atoms with E-state index in [-0.39, 0.29) is 42.3 Å². The highest BCUT2D eigenvalue weighted by molar-refractivity contribution is 6.19. The summed E-state index contributed by atoms with van der Waals surface area (Å²) in [5, 5.41) is 4.94. The van der Waals surface area contributed by atoms with Crippen molar-refractivity contribution in [2.24, 2.45) is 0 Å². The minimum Gasteiger partial charge on any atom is -0.488 e. The molecular formula is C59H71ClN4O17. The average Bonchev–Trinajstić information content (AvgIpc) is 4.22. The van der Waals surface area contributed by atoms with E-state index in [2.05, 4.69) is 15.8 Å². The van der Waals surface area contributed by atoms with Gasteiger partial charge in [-0.2, -0.15) is 5.48 Å². The predicted molar refractivity (Wildman–Crippen MR) is 298 cm³/mol. The van der Waals surface area contributed by atoms with Gasteiger partial charge in [-0.3, -0.25) is 33.6 Å². The number of aromatic amines is 1. The number of aryl methyl sites for hydroxylation is 1. The quantitative estimate of drug-likeness (QED) is 0.0203. The van der Waals surface area contributed by atoms with Gasteiger partial charge in [0.25, 0.3) is 11.8 Å². The van der Waals surface area contributed by atoms with Gasteiger partial charge in [0, 0.05) is 92.5 Å². The molecule has 3 amide bonds. The van der Waals surface area contributed by atoms with Crippen molar-refractivity contribution >= 4 is 86.4 Å². The predicted octanol–water partition coefficient (Wildman–Crippen LogP) is 9.52. The molecule has 1 aromatic heterocycles. The lowest BCUT2D eigenvalue weighted by molar-refractivity contribution is -0.288. The number of ether oxygens (including phenoxy) is 9. The van der Waals surface area contributed by atoms with Crippen LogP contribution in [0.1, 0.15) is 127 Å². The van der Waals surface area contributed by atoms with Crippen molar-refractivity contribution in [3.63, 3.8) is 0 Å². The van der Waals surface area contributed by atoms with Crippen LogP contribution in [0, 0.1) is 6.92 Å². The smallest absolute Gasteiger partial charge is 0.431 e. The molecule has 81 heavy (non-hydrogen) atoms. The number of nitrogens with one attached hydrogen (secondary N) is 3. The van der Waals surface area contributed by atoms with Crippen LogP contribution >= 0.6 is 11.6 Å². The van der Waals surface area contributed by atoms with E-state index >= 15 is 0 Å². The van der Waals surface area contributed by atoms with Crippen LogP contribution in [0.2, 0.25) is 0 Å². The third kappa shape index (κ3) is 15.9. The molecule has 7 rings (SSSR count). The Morgan fingerprint density at radius 2 is 1.43 bits per heavy atom. The summed E-state index contributed by atoms with van der Waals surface area (Å²) < 4.78 is 52.7. The van der Waals surface area contributed by atoms with Gasteiger partial charge in [0.05, 0.1) is 24.5 Å². The Kier molecular flexibility index (Phi) is 19.3. The van der Waals surface area contributed by atoms with Crippen LogP contribution < -0.4 is 25.2 Å². The largest absolute Gasteiger partial charge is 0.488 e. The molecule has 3 heterocycles. The van der Waals surface area contributed by atoms with Gasteiger partial charge >= 0.3 is 30.0 Å². The van der Waals surface area contributed by atoms with Crippen molar-refractivity contribution < 1.29 is 81.0 Å². The van der Waals surface area contributed by atoms with E-state index in [0.29, 0.717) is 58.4 Å². The summed E-state index contributed by atoms with van der Waals surface area (Å²) in [5.41, 5.74) is 4.35. The molecule has 21 nitrogen and oxygen atoms in total. The Balaban J connectivity index is 1.05. The Morgan fingerprint density at radius 3 is 2.09 bits per heavy atom. The van der Waals surface area contributed by atoms with Crippen LogP contribution in [0.5, 0.6) is 11.5 Å². The van der Waals surface area contributed by atoms with Gasteiger partial charge in [-0.1, -0.05) is 18.2 Å². The Morgan fingerprint density at radius 1 is 0.765 bits per heavy atom. The number of alkyl halides is 1. The molecule has 22 heteroatoms. The summed E-state index contributed by atoms with van der Waals surface area (Å²) in [6.07, 6.45) is -6.81. The molecule has 3 N–H and O–H groups in total. The maximum atomic E-state index is 14.8. The Hall–Kier alpha value is -7.46. The molecule has 0 unspecified atom stereocenters. The van der Waals surface area contributed by atoms with Crippen molar-refractivity contribution in [1.82, 2.24) is 10.5 Å². The van der Waals surface area contributed by atoms with E-state index in [0.717, 1.165) is 37.3 Å². The fourth-order valence-electron chi connectivity index (χ4n) is 9.58. The number of hydroxylamine groups is 1. The third-order valence-electron chi connectivity index (χ3n) is 13.3. The number of fused-ring (bicyclic) bond motifs is 4. The van der Waals surface area contributed by atoms with Crippen LogP contribution in [0.4, 0.5) is 16.2 Å². The number of nitrogens with zero attached hydrogens (tertiary/aromatic N) is 1. The summed E-state index contributed by atoms with van der Waals surface area (Å²) in [7, 11) is 0.